The van der Waals surface area contributed by atoms with Crippen LogP contribution in [0.1, 0.15) is 57.8 Å². The molecular formula is C27H42ClN3O3. The molecule has 1 fully saturated rings. The van der Waals surface area contributed by atoms with Crippen molar-refractivity contribution in [3.63, 3.8) is 0 Å². The molecule has 6 nitrogen and oxygen atoms in total. The largest absolute Gasteiger partial charge is 0.496 e. The zero-order valence-corrected chi connectivity index (χ0v) is 22.5. The molecule has 0 radical (unpaired) electrons. The Bertz CT molecular complexity index is 883. The van der Waals surface area contributed by atoms with Crippen LogP contribution in [0.3, 0.4) is 0 Å². The van der Waals surface area contributed by atoms with Crippen LogP contribution in [0.5, 0.6) is 5.75 Å². The molecule has 1 aromatic rings. The fraction of sp³-hybridized carbons (Fsp3) is 0.593. The molecule has 1 heterocycles. The summed E-state index contributed by atoms with van der Waals surface area (Å²) in [6.07, 6.45) is 6.93. The van der Waals surface area contributed by atoms with Crippen molar-refractivity contribution in [2.24, 2.45) is 5.41 Å². The second kappa shape index (κ2) is 13.2. The molecule has 0 bridgehead atoms. The van der Waals surface area contributed by atoms with Crippen LogP contribution in [0, 0.1) is 5.41 Å². The third-order valence-corrected chi connectivity index (χ3v) is 6.37. The number of anilines is 1. The summed E-state index contributed by atoms with van der Waals surface area (Å²) in [5.41, 5.74) is 9.13. The van der Waals surface area contributed by atoms with Gasteiger partial charge in [-0.3, -0.25) is 4.90 Å². The van der Waals surface area contributed by atoms with E-state index in [0.717, 1.165) is 52.1 Å². The molecule has 1 aliphatic rings. The van der Waals surface area contributed by atoms with E-state index < -0.39 is 5.97 Å². The van der Waals surface area contributed by atoms with Gasteiger partial charge in [0.05, 0.1) is 24.4 Å². The molecule has 2 rings (SSSR count). The first-order chi connectivity index (χ1) is 16.0. The molecule has 0 saturated carbocycles. The number of benzene rings is 1. The number of ether oxygens (including phenoxy) is 2. The minimum absolute atomic E-state index is 0.177. The number of methoxy groups -OCH3 is 1. The van der Waals surface area contributed by atoms with Crippen LogP contribution in [0.25, 0.3) is 0 Å². The van der Waals surface area contributed by atoms with E-state index in [1.54, 1.807) is 6.07 Å². The highest BCUT2D eigenvalue weighted by Crippen LogP contribution is 2.30. The van der Waals surface area contributed by atoms with Gasteiger partial charge >= 0.3 is 5.97 Å². The van der Waals surface area contributed by atoms with E-state index in [1.165, 1.54) is 24.3 Å². The van der Waals surface area contributed by atoms with Crippen molar-refractivity contribution in [1.82, 2.24) is 9.80 Å². The Labute approximate surface area is 210 Å². The second-order valence-electron chi connectivity index (χ2n) is 10.3. The summed E-state index contributed by atoms with van der Waals surface area (Å²) < 4.78 is 10.9. The SMILES string of the molecule is COc1cc(N)c(Cl)cc1C(=O)OCC(C)(C)CN1CCN(C/C=C(\C)CCC=C(C)C)CC1. The van der Waals surface area contributed by atoms with E-state index in [2.05, 4.69) is 56.6 Å². The number of carbonyl (C=O) groups is 1. The van der Waals surface area contributed by atoms with Gasteiger partial charge in [-0.25, -0.2) is 4.79 Å². The molecular weight excluding hydrogens is 450 g/mol. The molecule has 1 aromatic carbocycles. The number of halogens is 1. The minimum atomic E-state index is -0.455. The van der Waals surface area contributed by atoms with E-state index in [4.69, 9.17) is 26.8 Å². The quantitative estimate of drug-likeness (QED) is 0.253. The van der Waals surface area contributed by atoms with Crippen molar-refractivity contribution in [3.05, 3.63) is 46.0 Å². The Morgan fingerprint density at radius 1 is 1.12 bits per heavy atom. The number of nitrogen functional groups attached to an aromatic ring is 1. The lowest BCUT2D eigenvalue weighted by Crippen LogP contribution is -2.49. The van der Waals surface area contributed by atoms with E-state index >= 15 is 0 Å². The first-order valence-electron chi connectivity index (χ1n) is 12.0. The number of hydrogen-bond donors (Lipinski definition) is 1. The average Bonchev–Trinajstić information content (AvgIpc) is 2.78. The van der Waals surface area contributed by atoms with Gasteiger partial charge in [-0.2, -0.15) is 0 Å². The molecule has 0 amide bonds. The van der Waals surface area contributed by atoms with Crippen LogP contribution < -0.4 is 10.5 Å². The predicted molar refractivity (Wildman–Crippen MR) is 142 cm³/mol. The Hall–Kier alpha value is -2.02. The minimum Gasteiger partial charge on any atom is -0.496 e. The molecule has 0 aliphatic carbocycles. The van der Waals surface area contributed by atoms with Gasteiger partial charge in [0.1, 0.15) is 11.3 Å². The van der Waals surface area contributed by atoms with E-state index in [0.29, 0.717) is 23.1 Å². The summed E-state index contributed by atoms with van der Waals surface area (Å²) in [7, 11) is 1.49. The predicted octanol–water partition coefficient (Wildman–Crippen LogP) is 5.42. The lowest BCUT2D eigenvalue weighted by atomic mass is 9.93. The molecule has 0 atom stereocenters. The van der Waals surface area contributed by atoms with Gasteiger partial charge in [-0.1, -0.05) is 48.7 Å². The summed E-state index contributed by atoms with van der Waals surface area (Å²) in [4.78, 5) is 17.6. The highest BCUT2D eigenvalue weighted by atomic mass is 35.5. The third kappa shape index (κ3) is 9.32. The Morgan fingerprint density at radius 2 is 1.76 bits per heavy atom. The van der Waals surface area contributed by atoms with Crippen LogP contribution in [0.4, 0.5) is 5.69 Å². The summed E-state index contributed by atoms with van der Waals surface area (Å²) in [5, 5.41) is 0.308. The molecule has 0 spiro atoms. The van der Waals surface area contributed by atoms with Gasteiger partial charge in [0, 0.05) is 50.7 Å². The van der Waals surface area contributed by atoms with Gasteiger partial charge in [-0.05, 0) is 39.7 Å². The van der Waals surface area contributed by atoms with E-state index in [1.807, 2.05) is 0 Å². The fourth-order valence-corrected chi connectivity index (χ4v) is 4.16. The lowest BCUT2D eigenvalue weighted by molar-refractivity contribution is 0.0214. The normalized spacial score (nSPS) is 15.8. The van der Waals surface area contributed by atoms with Crippen molar-refractivity contribution in [3.8, 4) is 5.75 Å². The monoisotopic (exact) mass is 491 g/mol. The summed E-state index contributed by atoms with van der Waals surface area (Å²) in [6.45, 7) is 17.1. The van der Waals surface area contributed by atoms with Gasteiger partial charge in [0.2, 0.25) is 0 Å². The first-order valence-corrected chi connectivity index (χ1v) is 12.4. The Morgan fingerprint density at radius 3 is 2.38 bits per heavy atom. The molecule has 1 saturated heterocycles. The molecule has 2 N–H and O–H groups in total. The van der Waals surface area contributed by atoms with Crippen molar-refractivity contribution in [2.75, 3.05) is 58.7 Å². The van der Waals surface area contributed by atoms with Crippen LogP contribution in [0.2, 0.25) is 5.02 Å². The smallest absolute Gasteiger partial charge is 0.341 e. The molecule has 0 aromatic heterocycles. The third-order valence-electron chi connectivity index (χ3n) is 6.04. The highest BCUT2D eigenvalue weighted by molar-refractivity contribution is 6.33. The number of nitrogens with two attached hydrogens (primary N) is 1. The van der Waals surface area contributed by atoms with Crippen molar-refractivity contribution >= 4 is 23.3 Å². The number of esters is 1. The molecule has 1 aliphatic heterocycles. The summed E-state index contributed by atoms with van der Waals surface area (Å²) in [5.74, 6) is -0.0922. The van der Waals surface area contributed by atoms with Crippen molar-refractivity contribution in [1.29, 1.82) is 0 Å². The summed E-state index contributed by atoms with van der Waals surface area (Å²) in [6, 6.07) is 3.05. The van der Waals surface area contributed by atoms with Crippen LogP contribution in [-0.2, 0) is 4.74 Å². The van der Waals surface area contributed by atoms with Crippen molar-refractivity contribution in [2.45, 2.75) is 47.5 Å². The van der Waals surface area contributed by atoms with Crippen molar-refractivity contribution < 1.29 is 14.3 Å². The zero-order chi connectivity index (χ0) is 25.3. The molecule has 0 unspecified atom stereocenters. The summed E-state index contributed by atoms with van der Waals surface area (Å²) >= 11 is 6.09. The standard InChI is InChI=1S/C27H42ClN3O3/c1-20(2)8-7-9-21(3)10-11-30-12-14-31(15-13-30)18-27(4,5)19-34-26(32)22-16-23(28)24(29)17-25(22)33-6/h8,10,16-17H,7,9,11-15,18-19,29H2,1-6H3/b21-10+. The second-order valence-corrected chi connectivity index (χ2v) is 10.7. The van der Waals surface area contributed by atoms with Crippen LogP contribution >= 0.6 is 11.6 Å². The van der Waals surface area contributed by atoms with Crippen LogP contribution in [-0.4, -0.2) is 68.8 Å². The zero-order valence-electron chi connectivity index (χ0n) is 21.7. The number of piperazine rings is 1. The van der Waals surface area contributed by atoms with Gasteiger partial charge in [0.15, 0.2) is 0 Å². The maximum absolute atomic E-state index is 12.7. The van der Waals surface area contributed by atoms with E-state index in [9.17, 15) is 4.79 Å². The number of allylic oxidation sites excluding steroid dienone is 3. The molecule has 7 heteroatoms. The molecule has 34 heavy (non-hydrogen) atoms. The topological polar surface area (TPSA) is 68.0 Å². The number of nitrogens with zero attached hydrogens (tertiary/aromatic N) is 2. The first kappa shape index (κ1) is 28.2. The highest BCUT2D eigenvalue weighted by Gasteiger charge is 2.27. The lowest BCUT2D eigenvalue weighted by Gasteiger charge is -2.38. The number of hydrogen-bond acceptors (Lipinski definition) is 6. The van der Waals surface area contributed by atoms with Gasteiger partial charge in [-0.15, -0.1) is 0 Å². The number of rotatable bonds is 11. The Balaban J connectivity index is 1.78. The van der Waals surface area contributed by atoms with Crippen LogP contribution in [0.15, 0.2) is 35.4 Å². The van der Waals surface area contributed by atoms with Gasteiger partial charge in [0.25, 0.3) is 0 Å². The average molecular weight is 492 g/mol. The van der Waals surface area contributed by atoms with E-state index in [-0.39, 0.29) is 11.0 Å². The molecule has 190 valence electrons. The maximum Gasteiger partial charge on any atom is 0.341 e. The van der Waals surface area contributed by atoms with Gasteiger partial charge < -0.3 is 20.1 Å². The maximum atomic E-state index is 12.7. The fourth-order valence-electron chi connectivity index (χ4n) is 3.99. The Kier molecular flexibility index (Phi) is 10.9. The number of carbonyl (C=O) groups excluding carboxylic acids is 1.